The molecule has 0 aromatic carbocycles. The van der Waals surface area contributed by atoms with Crippen LogP contribution in [0.15, 0.2) is 18.3 Å². The summed E-state index contributed by atoms with van der Waals surface area (Å²) in [6.45, 7) is 2.54. The Hall–Kier alpha value is -1.79. The van der Waals surface area contributed by atoms with Gasteiger partial charge < -0.3 is 10.5 Å². The Morgan fingerprint density at radius 2 is 2.00 bits per heavy atom. The number of carbonyl (C=O) groups excluding carboxylic acids is 1. The molecule has 0 aliphatic carbocycles. The number of aromatic nitrogens is 1. The molecule has 1 heterocycles. The van der Waals surface area contributed by atoms with E-state index >= 15 is 0 Å². The van der Waals surface area contributed by atoms with Crippen LogP contribution in [-0.2, 0) is 11.0 Å². The van der Waals surface area contributed by atoms with Crippen molar-refractivity contribution in [2.24, 2.45) is 5.73 Å². The zero-order valence-electron chi connectivity index (χ0n) is 9.21. The summed E-state index contributed by atoms with van der Waals surface area (Å²) >= 11 is 0. The second-order valence-corrected chi connectivity index (χ2v) is 3.83. The first-order chi connectivity index (χ1) is 7.64. The number of hydrogen-bond acceptors (Lipinski definition) is 3. The lowest BCUT2D eigenvalue weighted by molar-refractivity contribution is -0.143. The summed E-state index contributed by atoms with van der Waals surface area (Å²) in [4.78, 5) is 14.4. The Morgan fingerprint density at radius 1 is 1.41 bits per heavy atom. The Kier molecular flexibility index (Phi) is 3.30. The molecular weight excluding hydrogens is 237 g/mol. The van der Waals surface area contributed by atoms with E-state index in [1.54, 1.807) is 0 Å². The van der Waals surface area contributed by atoms with Crippen LogP contribution in [-0.4, -0.2) is 16.5 Å². The fourth-order valence-corrected chi connectivity index (χ4v) is 0.980. The number of halogens is 3. The molecule has 0 spiro atoms. The number of rotatable bonds is 3. The molecule has 0 saturated carbocycles. The first kappa shape index (κ1) is 13.3. The van der Waals surface area contributed by atoms with Crippen molar-refractivity contribution in [2.75, 3.05) is 0 Å². The Bertz CT molecular complexity index is 430. The van der Waals surface area contributed by atoms with Gasteiger partial charge in [0.15, 0.2) is 5.60 Å². The summed E-state index contributed by atoms with van der Waals surface area (Å²) in [6, 6.07) is 1.95. The molecule has 7 heteroatoms. The van der Waals surface area contributed by atoms with Gasteiger partial charge in [0, 0.05) is 6.20 Å². The van der Waals surface area contributed by atoms with Crippen LogP contribution < -0.4 is 10.5 Å². The third-order valence-corrected chi connectivity index (χ3v) is 2.02. The van der Waals surface area contributed by atoms with Crippen molar-refractivity contribution in [1.29, 1.82) is 0 Å². The number of carbonyl (C=O) groups is 1. The third-order valence-electron chi connectivity index (χ3n) is 2.02. The summed E-state index contributed by atoms with van der Waals surface area (Å²) in [7, 11) is 0. The van der Waals surface area contributed by atoms with Crippen molar-refractivity contribution in [3.8, 4) is 5.88 Å². The molecule has 0 saturated heterocycles. The number of nitrogens with two attached hydrogens (primary N) is 1. The lowest BCUT2D eigenvalue weighted by Gasteiger charge is -2.23. The van der Waals surface area contributed by atoms with Gasteiger partial charge in [0.05, 0.1) is 0 Å². The third kappa shape index (κ3) is 3.08. The largest absolute Gasteiger partial charge is 0.461 e. The summed E-state index contributed by atoms with van der Waals surface area (Å²) in [5.74, 6) is -1.54. The number of pyridine rings is 1. The first-order valence-corrected chi connectivity index (χ1v) is 4.66. The zero-order valence-corrected chi connectivity index (χ0v) is 9.21. The molecule has 4 nitrogen and oxygen atoms in total. The van der Waals surface area contributed by atoms with Gasteiger partial charge in [0.1, 0.15) is 5.56 Å². The van der Waals surface area contributed by atoms with Crippen molar-refractivity contribution < 1.29 is 22.7 Å². The van der Waals surface area contributed by atoms with Crippen molar-refractivity contribution in [2.45, 2.75) is 25.6 Å². The molecule has 1 aromatic heterocycles. The molecule has 2 N–H and O–H groups in total. The van der Waals surface area contributed by atoms with E-state index < -0.39 is 29.1 Å². The molecule has 0 unspecified atom stereocenters. The van der Waals surface area contributed by atoms with Gasteiger partial charge in [0.2, 0.25) is 5.88 Å². The second kappa shape index (κ2) is 4.23. The van der Waals surface area contributed by atoms with Crippen LogP contribution >= 0.6 is 0 Å². The fourth-order valence-electron chi connectivity index (χ4n) is 0.980. The van der Waals surface area contributed by atoms with E-state index in [9.17, 15) is 18.0 Å². The van der Waals surface area contributed by atoms with Gasteiger partial charge in [-0.15, -0.1) is 0 Å². The predicted octanol–water partition coefficient (Wildman–Crippen LogP) is 1.74. The van der Waals surface area contributed by atoms with E-state index in [2.05, 4.69) is 4.98 Å². The minimum atomic E-state index is -4.60. The minimum absolute atomic E-state index is 0.663. The van der Waals surface area contributed by atoms with Gasteiger partial charge in [-0.05, 0) is 26.0 Å². The molecule has 0 bridgehead atoms. The molecule has 17 heavy (non-hydrogen) atoms. The van der Waals surface area contributed by atoms with Crippen LogP contribution in [0.3, 0.4) is 0 Å². The van der Waals surface area contributed by atoms with Gasteiger partial charge in [-0.1, -0.05) is 0 Å². The molecule has 0 radical (unpaired) electrons. The predicted molar refractivity (Wildman–Crippen MR) is 53.1 cm³/mol. The SMILES string of the molecule is CC(C)(Oc1ncccc1C(F)(F)F)C(N)=O. The summed E-state index contributed by atoms with van der Waals surface area (Å²) in [5.41, 5.74) is 2.40. The normalized spacial score (nSPS) is 12.3. The standard InChI is InChI=1S/C10H11F3N2O2/c1-9(2,8(14)16)17-7-6(10(11,12)13)4-3-5-15-7/h3-5H,1-2H3,(H2,14,16). The number of primary amides is 1. The molecule has 0 fully saturated rings. The van der Waals surface area contributed by atoms with Crippen molar-refractivity contribution >= 4 is 5.91 Å². The van der Waals surface area contributed by atoms with Crippen LogP contribution in [0.5, 0.6) is 5.88 Å². The number of hydrogen-bond donors (Lipinski definition) is 1. The maximum Gasteiger partial charge on any atom is 0.421 e. The van der Waals surface area contributed by atoms with Crippen molar-refractivity contribution in [3.63, 3.8) is 0 Å². The number of alkyl halides is 3. The maximum atomic E-state index is 12.6. The average Bonchev–Trinajstić information content (AvgIpc) is 2.15. The molecular formula is C10H11F3N2O2. The highest BCUT2D eigenvalue weighted by molar-refractivity contribution is 5.82. The van der Waals surface area contributed by atoms with Gasteiger partial charge in [-0.2, -0.15) is 13.2 Å². The molecule has 94 valence electrons. The quantitative estimate of drug-likeness (QED) is 0.886. The summed E-state index contributed by atoms with van der Waals surface area (Å²) in [5, 5.41) is 0. The maximum absolute atomic E-state index is 12.6. The topological polar surface area (TPSA) is 65.2 Å². The molecule has 1 rings (SSSR count). The Labute approximate surface area is 95.6 Å². The van der Waals surface area contributed by atoms with E-state index in [0.717, 1.165) is 18.3 Å². The lowest BCUT2D eigenvalue weighted by atomic mass is 10.1. The minimum Gasteiger partial charge on any atom is -0.461 e. The number of nitrogens with zero attached hydrogens (tertiary/aromatic N) is 1. The van der Waals surface area contributed by atoms with Crippen LogP contribution in [0.1, 0.15) is 19.4 Å². The average molecular weight is 248 g/mol. The highest BCUT2D eigenvalue weighted by atomic mass is 19.4. The molecule has 0 atom stereocenters. The van der Waals surface area contributed by atoms with Crippen LogP contribution in [0.4, 0.5) is 13.2 Å². The fraction of sp³-hybridized carbons (Fsp3) is 0.400. The highest BCUT2D eigenvalue weighted by Gasteiger charge is 2.38. The monoisotopic (exact) mass is 248 g/mol. The molecule has 0 aliphatic rings. The van der Waals surface area contributed by atoms with Crippen LogP contribution in [0.2, 0.25) is 0 Å². The molecule has 0 aliphatic heterocycles. The van der Waals surface area contributed by atoms with Gasteiger partial charge in [0.25, 0.3) is 5.91 Å². The first-order valence-electron chi connectivity index (χ1n) is 4.66. The molecule has 1 amide bonds. The number of ether oxygens (including phenoxy) is 1. The summed E-state index contributed by atoms with van der Waals surface area (Å²) in [6.07, 6.45) is -3.46. The van der Waals surface area contributed by atoms with Crippen molar-refractivity contribution in [1.82, 2.24) is 4.98 Å². The second-order valence-electron chi connectivity index (χ2n) is 3.83. The lowest BCUT2D eigenvalue weighted by Crippen LogP contribution is -2.43. The zero-order chi connectivity index (χ0) is 13.3. The van der Waals surface area contributed by atoms with E-state index in [0.29, 0.717) is 0 Å². The smallest absolute Gasteiger partial charge is 0.421 e. The Balaban J connectivity index is 3.12. The van der Waals surface area contributed by atoms with Gasteiger partial charge in [-0.3, -0.25) is 4.79 Å². The van der Waals surface area contributed by atoms with E-state index in [1.807, 2.05) is 0 Å². The highest BCUT2D eigenvalue weighted by Crippen LogP contribution is 2.35. The van der Waals surface area contributed by atoms with Gasteiger partial charge >= 0.3 is 6.18 Å². The molecule has 1 aromatic rings. The van der Waals surface area contributed by atoms with Gasteiger partial charge in [-0.25, -0.2) is 4.98 Å². The Morgan fingerprint density at radius 3 is 2.47 bits per heavy atom. The van der Waals surface area contributed by atoms with Crippen LogP contribution in [0.25, 0.3) is 0 Å². The van der Waals surface area contributed by atoms with E-state index in [-0.39, 0.29) is 0 Å². The van der Waals surface area contributed by atoms with Crippen molar-refractivity contribution in [3.05, 3.63) is 23.9 Å². The van der Waals surface area contributed by atoms with E-state index in [4.69, 9.17) is 10.5 Å². The summed E-state index contributed by atoms with van der Waals surface area (Å²) < 4.78 is 42.7. The number of amides is 1. The van der Waals surface area contributed by atoms with E-state index in [1.165, 1.54) is 13.8 Å². The van der Waals surface area contributed by atoms with Crippen LogP contribution in [0, 0.1) is 0 Å².